The van der Waals surface area contributed by atoms with Crippen molar-refractivity contribution in [3.05, 3.63) is 81.9 Å². The van der Waals surface area contributed by atoms with E-state index in [4.69, 9.17) is 5.21 Å². The zero-order chi connectivity index (χ0) is 21.8. The number of nitrogens with zero attached hydrogens (tertiary/aromatic N) is 4. The van der Waals surface area contributed by atoms with E-state index < -0.39 is 5.91 Å². The van der Waals surface area contributed by atoms with Crippen molar-refractivity contribution in [3.8, 4) is 0 Å². The summed E-state index contributed by atoms with van der Waals surface area (Å²) in [6.07, 6.45) is 4.12. The minimum absolute atomic E-state index is 0.102. The maximum atomic E-state index is 12.2. The maximum absolute atomic E-state index is 12.2. The quantitative estimate of drug-likeness (QED) is 0.349. The lowest BCUT2D eigenvalue weighted by atomic mass is 10.1. The zero-order valence-corrected chi connectivity index (χ0v) is 16.6. The van der Waals surface area contributed by atoms with Crippen LogP contribution in [0, 0.1) is 0 Å². The molecule has 0 aliphatic heterocycles. The van der Waals surface area contributed by atoms with Crippen molar-refractivity contribution in [2.45, 2.75) is 31.8 Å². The van der Waals surface area contributed by atoms with Gasteiger partial charge >= 0.3 is 0 Å². The number of carbonyl (C=O) groups excluding carboxylic acids is 1. The Labute approximate surface area is 176 Å². The third kappa shape index (κ3) is 4.22. The molecule has 2 heterocycles. The van der Waals surface area contributed by atoms with Gasteiger partial charge in [-0.2, -0.15) is 9.97 Å². The molecular formula is C22H21N5O4. The molecular weight excluding hydrogens is 398 g/mol. The van der Waals surface area contributed by atoms with Crippen LogP contribution in [0.5, 0.6) is 0 Å². The van der Waals surface area contributed by atoms with Gasteiger partial charge in [-0.05, 0) is 37.1 Å². The predicted molar refractivity (Wildman–Crippen MR) is 115 cm³/mol. The largest absolute Gasteiger partial charge is 0.332 e. The Bertz CT molecular complexity index is 1360. The lowest BCUT2D eigenvalue weighted by Crippen LogP contribution is -2.23. The van der Waals surface area contributed by atoms with Crippen molar-refractivity contribution in [3.63, 3.8) is 0 Å². The fraction of sp³-hybridized carbons (Fsp3) is 0.227. The summed E-state index contributed by atoms with van der Waals surface area (Å²) in [4.78, 5) is 43.8. The molecule has 0 spiro atoms. The van der Waals surface area contributed by atoms with Crippen LogP contribution in [0.4, 0.5) is 0 Å². The number of hydrogen-bond donors (Lipinski definition) is 2. The summed E-state index contributed by atoms with van der Waals surface area (Å²) in [7, 11) is 0. The molecule has 4 aromatic rings. The second kappa shape index (κ2) is 8.88. The van der Waals surface area contributed by atoms with Crippen LogP contribution in [-0.2, 0) is 11.3 Å². The molecule has 9 heteroatoms. The minimum atomic E-state index is -0.487. The molecule has 31 heavy (non-hydrogen) atoms. The Balaban J connectivity index is 1.70. The molecule has 2 aromatic heterocycles. The van der Waals surface area contributed by atoms with E-state index in [0.29, 0.717) is 30.2 Å². The van der Waals surface area contributed by atoms with Crippen molar-refractivity contribution in [1.82, 2.24) is 24.6 Å². The van der Waals surface area contributed by atoms with Gasteiger partial charge in [-0.3, -0.25) is 19.6 Å². The molecule has 1 unspecified atom stereocenters. The summed E-state index contributed by atoms with van der Waals surface area (Å²) in [5, 5.41) is 9.91. The Morgan fingerprint density at radius 2 is 1.52 bits per heavy atom. The van der Waals surface area contributed by atoms with Crippen LogP contribution in [0.15, 0.2) is 70.8 Å². The molecule has 1 amide bonds. The number of para-hydroxylation sites is 2. The van der Waals surface area contributed by atoms with Crippen LogP contribution in [0.3, 0.4) is 0 Å². The first-order valence-electron chi connectivity index (χ1n) is 9.91. The Hall–Kier alpha value is -3.85. The van der Waals surface area contributed by atoms with Gasteiger partial charge in [0.25, 0.3) is 11.1 Å². The number of amides is 1. The molecule has 2 N–H and O–H groups in total. The van der Waals surface area contributed by atoms with Gasteiger partial charge in [0, 0.05) is 19.0 Å². The van der Waals surface area contributed by atoms with E-state index in [1.165, 1.54) is 12.7 Å². The Morgan fingerprint density at radius 3 is 2.23 bits per heavy atom. The number of aromatic nitrogens is 4. The van der Waals surface area contributed by atoms with Crippen LogP contribution in [0.25, 0.3) is 21.8 Å². The number of rotatable bonds is 7. The molecule has 158 valence electrons. The maximum Gasteiger partial charge on any atom is 0.280 e. The molecule has 0 saturated heterocycles. The second-order valence-electron chi connectivity index (χ2n) is 7.25. The first-order valence-corrected chi connectivity index (χ1v) is 9.91. The third-order valence-corrected chi connectivity index (χ3v) is 5.40. The van der Waals surface area contributed by atoms with Gasteiger partial charge < -0.3 is 9.13 Å². The first-order chi connectivity index (χ1) is 15.1. The summed E-state index contributed by atoms with van der Waals surface area (Å²) >= 11 is 0. The molecule has 0 saturated carbocycles. The molecule has 0 bridgehead atoms. The normalized spacial score (nSPS) is 12.2. The molecule has 0 aliphatic rings. The highest BCUT2D eigenvalue weighted by atomic mass is 16.5. The molecule has 2 aromatic carbocycles. The van der Waals surface area contributed by atoms with E-state index in [1.54, 1.807) is 29.7 Å². The highest BCUT2D eigenvalue weighted by Crippen LogP contribution is 2.24. The van der Waals surface area contributed by atoms with Gasteiger partial charge in [0.15, 0.2) is 0 Å². The Morgan fingerprint density at radius 1 is 0.903 bits per heavy atom. The monoisotopic (exact) mass is 419 g/mol. The van der Waals surface area contributed by atoms with Crippen LogP contribution < -0.4 is 16.6 Å². The third-order valence-electron chi connectivity index (χ3n) is 5.40. The topological polar surface area (TPSA) is 119 Å². The number of fused-ring (bicyclic) bond motifs is 2. The number of nitrogens with one attached hydrogen (secondary N) is 1. The number of carbonyl (C=O) groups is 1. The van der Waals surface area contributed by atoms with Crippen LogP contribution >= 0.6 is 0 Å². The van der Waals surface area contributed by atoms with E-state index >= 15 is 0 Å². The zero-order valence-electron chi connectivity index (χ0n) is 16.6. The van der Waals surface area contributed by atoms with E-state index in [2.05, 4.69) is 9.97 Å². The van der Waals surface area contributed by atoms with Gasteiger partial charge in [-0.15, -0.1) is 0 Å². The fourth-order valence-corrected chi connectivity index (χ4v) is 3.82. The van der Waals surface area contributed by atoms with Crippen molar-refractivity contribution < 1.29 is 10.0 Å². The van der Waals surface area contributed by atoms with Crippen molar-refractivity contribution in [2.24, 2.45) is 0 Å². The van der Waals surface area contributed by atoms with Gasteiger partial charge in [0.1, 0.15) is 0 Å². The number of aryl methyl sites for hydroxylation is 1. The summed E-state index contributed by atoms with van der Waals surface area (Å²) < 4.78 is 3.79. The summed E-state index contributed by atoms with van der Waals surface area (Å²) in [5.41, 5.74) is 2.57. The van der Waals surface area contributed by atoms with Crippen LogP contribution in [-0.4, -0.2) is 30.2 Å². The first kappa shape index (κ1) is 20.4. The van der Waals surface area contributed by atoms with Gasteiger partial charge in [0.2, 0.25) is 5.91 Å². The average Bonchev–Trinajstić information content (AvgIpc) is 2.81. The minimum Gasteiger partial charge on any atom is -0.332 e. The number of hydroxylamine groups is 1. The average molecular weight is 419 g/mol. The lowest BCUT2D eigenvalue weighted by Gasteiger charge is -2.23. The lowest BCUT2D eigenvalue weighted by molar-refractivity contribution is -0.129. The highest BCUT2D eigenvalue weighted by Gasteiger charge is 2.17. The molecule has 0 aliphatic carbocycles. The standard InChI is InChI=1S/C22H21N5O4/c28-20(25-31)10-9-15(27-14-24-22(30)17-6-2-4-8-19(17)27)11-12-26-13-23-21(29)16-5-1-3-7-18(16)26/h1-8,13-15,31H,9-12H2,(H,25,28). The number of benzene rings is 2. The fourth-order valence-electron chi connectivity index (χ4n) is 3.82. The smallest absolute Gasteiger partial charge is 0.280 e. The van der Waals surface area contributed by atoms with E-state index in [9.17, 15) is 14.4 Å². The summed E-state index contributed by atoms with van der Waals surface area (Å²) in [6, 6.07) is 14.3. The van der Waals surface area contributed by atoms with E-state index in [-0.39, 0.29) is 23.6 Å². The summed E-state index contributed by atoms with van der Waals surface area (Å²) in [5.74, 6) is -0.487. The van der Waals surface area contributed by atoms with Gasteiger partial charge in [-0.1, -0.05) is 24.3 Å². The summed E-state index contributed by atoms with van der Waals surface area (Å²) in [6.45, 7) is 0.527. The van der Waals surface area contributed by atoms with Crippen LogP contribution in [0.2, 0.25) is 0 Å². The SMILES string of the molecule is O=C(CCC(CCn1cnc(=O)c2ccccc21)n1cnc(=O)c2ccccc21)NO. The Kier molecular flexibility index (Phi) is 5.85. The molecule has 0 fully saturated rings. The highest BCUT2D eigenvalue weighted by molar-refractivity contribution is 5.78. The van der Waals surface area contributed by atoms with Crippen molar-refractivity contribution in [2.75, 3.05) is 0 Å². The second-order valence-corrected chi connectivity index (χ2v) is 7.25. The van der Waals surface area contributed by atoms with E-state index in [0.717, 1.165) is 11.0 Å². The van der Waals surface area contributed by atoms with E-state index in [1.807, 2.05) is 33.4 Å². The van der Waals surface area contributed by atoms with Crippen molar-refractivity contribution >= 4 is 27.7 Å². The molecule has 0 radical (unpaired) electrons. The van der Waals surface area contributed by atoms with Gasteiger partial charge in [-0.25, -0.2) is 5.48 Å². The van der Waals surface area contributed by atoms with Crippen molar-refractivity contribution in [1.29, 1.82) is 0 Å². The van der Waals surface area contributed by atoms with Crippen LogP contribution in [0.1, 0.15) is 25.3 Å². The molecule has 1 atom stereocenters. The number of hydrogen-bond acceptors (Lipinski definition) is 6. The van der Waals surface area contributed by atoms with Gasteiger partial charge in [0.05, 0.1) is 34.5 Å². The predicted octanol–water partition coefficient (Wildman–Crippen LogP) is 2.02. The molecule has 9 nitrogen and oxygen atoms in total. The molecule has 4 rings (SSSR count).